The number of nitrogens with one attached hydrogen (secondary N) is 2. The third-order valence-corrected chi connectivity index (χ3v) is 4.85. The second-order valence-corrected chi connectivity index (χ2v) is 6.99. The van der Waals surface area contributed by atoms with Gasteiger partial charge in [-0.2, -0.15) is 5.26 Å². The van der Waals surface area contributed by atoms with Crippen LogP contribution >= 0.6 is 0 Å². The Morgan fingerprint density at radius 2 is 1.86 bits per heavy atom. The molecule has 1 aliphatic heterocycles. The number of para-hydroxylation sites is 1. The number of hydrogen-bond acceptors (Lipinski definition) is 4. The van der Waals surface area contributed by atoms with Crippen molar-refractivity contribution in [3.8, 4) is 6.07 Å². The summed E-state index contributed by atoms with van der Waals surface area (Å²) in [6, 6.07) is 18.4. The van der Waals surface area contributed by atoms with Crippen molar-refractivity contribution in [2.75, 3.05) is 30.3 Å². The second kappa shape index (κ2) is 9.67. The standard InChI is InChI=1S/C22H24N4O2/c23-15-17-6-4-10-20(14-17)24-21(27)11-13-26-12-5-7-18(16-26)22(28)25-19-8-2-1-3-9-19/h1-4,6,8-10,14,18H,5,7,11-13,16H2,(H,24,27)(H,25,28). The molecule has 0 aromatic heterocycles. The van der Waals surface area contributed by atoms with Crippen LogP contribution in [-0.4, -0.2) is 36.3 Å². The lowest BCUT2D eigenvalue weighted by Gasteiger charge is -2.31. The molecule has 6 heteroatoms. The first kappa shape index (κ1) is 19.6. The van der Waals surface area contributed by atoms with E-state index < -0.39 is 0 Å². The molecule has 2 aromatic rings. The molecule has 144 valence electrons. The summed E-state index contributed by atoms with van der Waals surface area (Å²) in [5.74, 6) is -0.121. The molecule has 3 rings (SSSR count). The highest BCUT2D eigenvalue weighted by Crippen LogP contribution is 2.19. The van der Waals surface area contributed by atoms with Crippen molar-refractivity contribution >= 4 is 23.2 Å². The van der Waals surface area contributed by atoms with Crippen molar-refractivity contribution < 1.29 is 9.59 Å². The Balaban J connectivity index is 1.46. The number of amides is 2. The zero-order chi connectivity index (χ0) is 19.8. The summed E-state index contributed by atoms with van der Waals surface area (Å²) in [6.07, 6.45) is 2.16. The molecule has 1 atom stereocenters. The van der Waals surface area contributed by atoms with E-state index in [-0.39, 0.29) is 17.7 Å². The third kappa shape index (κ3) is 5.66. The van der Waals surface area contributed by atoms with Gasteiger partial charge in [-0.3, -0.25) is 9.59 Å². The number of nitriles is 1. The maximum absolute atomic E-state index is 12.5. The Hall–Kier alpha value is -3.17. The Morgan fingerprint density at radius 3 is 2.64 bits per heavy atom. The van der Waals surface area contributed by atoms with Crippen LogP contribution in [0, 0.1) is 17.2 Å². The van der Waals surface area contributed by atoms with Gasteiger partial charge in [-0.15, -0.1) is 0 Å². The molecule has 28 heavy (non-hydrogen) atoms. The van der Waals surface area contributed by atoms with E-state index in [9.17, 15) is 9.59 Å². The number of nitrogens with zero attached hydrogens (tertiary/aromatic N) is 2. The number of hydrogen-bond donors (Lipinski definition) is 2. The van der Waals surface area contributed by atoms with Gasteiger partial charge in [0.2, 0.25) is 11.8 Å². The lowest BCUT2D eigenvalue weighted by atomic mass is 9.97. The monoisotopic (exact) mass is 376 g/mol. The van der Waals surface area contributed by atoms with E-state index in [4.69, 9.17) is 5.26 Å². The van der Waals surface area contributed by atoms with Gasteiger partial charge in [0, 0.05) is 30.9 Å². The fourth-order valence-electron chi connectivity index (χ4n) is 3.39. The Kier molecular flexibility index (Phi) is 6.77. The van der Waals surface area contributed by atoms with Crippen LogP contribution in [-0.2, 0) is 9.59 Å². The Labute approximate surface area is 165 Å². The highest BCUT2D eigenvalue weighted by molar-refractivity contribution is 5.93. The minimum absolute atomic E-state index is 0.0358. The molecular formula is C22H24N4O2. The van der Waals surface area contributed by atoms with Gasteiger partial charge in [0.05, 0.1) is 17.6 Å². The zero-order valence-corrected chi connectivity index (χ0v) is 15.7. The average Bonchev–Trinajstić information content (AvgIpc) is 2.73. The molecule has 0 saturated carbocycles. The number of piperidine rings is 1. The maximum atomic E-state index is 12.5. The smallest absolute Gasteiger partial charge is 0.228 e. The molecule has 0 aliphatic carbocycles. The quantitative estimate of drug-likeness (QED) is 0.810. The molecule has 0 radical (unpaired) electrons. The van der Waals surface area contributed by atoms with E-state index in [0.717, 1.165) is 25.1 Å². The molecule has 1 aliphatic rings. The average molecular weight is 376 g/mol. The molecule has 1 saturated heterocycles. The Morgan fingerprint density at radius 1 is 1.07 bits per heavy atom. The number of likely N-dealkylation sites (tertiary alicyclic amines) is 1. The first-order chi connectivity index (χ1) is 13.6. The molecule has 0 spiro atoms. The fourth-order valence-corrected chi connectivity index (χ4v) is 3.39. The van der Waals surface area contributed by atoms with E-state index in [1.165, 1.54) is 0 Å². The first-order valence-corrected chi connectivity index (χ1v) is 9.52. The summed E-state index contributed by atoms with van der Waals surface area (Å²) in [5.41, 5.74) is 1.95. The van der Waals surface area contributed by atoms with Crippen LogP contribution < -0.4 is 10.6 Å². The van der Waals surface area contributed by atoms with Crippen LogP contribution in [0.4, 0.5) is 11.4 Å². The fraction of sp³-hybridized carbons (Fsp3) is 0.318. The minimum atomic E-state index is -0.0917. The van der Waals surface area contributed by atoms with Crippen molar-refractivity contribution in [2.24, 2.45) is 5.92 Å². The predicted molar refractivity (Wildman–Crippen MR) is 109 cm³/mol. The van der Waals surface area contributed by atoms with Gasteiger partial charge in [-0.25, -0.2) is 0 Å². The molecule has 0 bridgehead atoms. The van der Waals surface area contributed by atoms with Crippen LogP contribution in [0.15, 0.2) is 54.6 Å². The number of carbonyl (C=O) groups is 2. The number of anilines is 2. The van der Waals surface area contributed by atoms with Gasteiger partial charge >= 0.3 is 0 Å². The summed E-state index contributed by atoms with van der Waals surface area (Å²) in [5, 5.41) is 14.7. The van der Waals surface area contributed by atoms with E-state index in [0.29, 0.717) is 30.8 Å². The molecule has 1 unspecified atom stereocenters. The summed E-state index contributed by atoms with van der Waals surface area (Å²) in [7, 11) is 0. The minimum Gasteiger partial charge on any atom is -0.326 e. The van der Waals surface area contributed by atoms with Crippen LogP contribution in [0.3, 0.4) is 0 Å². The van der Waals surface area contributed by atoms with Crippen molar-refractivity contribution in [1.29, 1.82) is 5.26 Å². The van der Waals surface area contributed by atoms with Gasteiger partial charge < -0.3 is 15.5 Å². The van der Waals surface area contributed by atoms with Crippen LogP contribution in [0.25, 0.3) is 0 Å². The maximum Gasteiger partial charge on any atom is 0.228 e. The van der Waals surface area contributed by atoms with Gasteiger partial charge in [0.15, 0.2) is 0 Å². The highest BCUT2D eigenvalue weighted by atomic mass is 16.2. The molecule has 1 fully saturated rings. The molecule has 2 aromatic carbocycles. The first-order valence-electron chi connectivity index (χ1n) is 9.52. The van der Waals surface area contributed by atoms with Crippen LogP contribution in [0.5, 0.6) is 0 Å². The summed E-state index contributed by atoms with van der Waals surface area (Å²) in [6.45, 7) is 2.17. The predicted octanol–water partition coefficient (Wildman–Crippen LogP) is 3.24. The van der Waals surface area contributed by atoms with Gasteiger partial charge in [0.1, 0.15) is 0 Å². The number of rotatable bonds is 6. The Bertz CT molecular complexity index is 860. The molecule has 6 nitrogen and oxygen atoms in total. The van der Waals surface area contributed by atoms with Crippen molar-refractivity contribution in [2.45, 2.75) is 19.3 Å². The number of benzene rings is 2. The van der Waals surface area contributed by atoms with E-state index >= 15 is 0 Å². The van der Waals surface area contributed by atoms with Gasteiger partial charge in [0.25, 0.3) is 0 Å². The summed E-state index contributed by atoms with van der Waals surface area (Å²) in [4.78, 5) is 26.9. The zero-order valence-electron chi connectivity index (χ0n) is 15.7. The summed E-state index contributed by atoms with van der Waals surface area (Å²) < 4.78 is 0. The number of carbonyl (C=O) groups excluding carboxylic acids is 2. The second-order valence-electron chi connectivity index (χ2n) is 6.99. The topological polar surface area (TPSA) is 85.2 Å². The summed E-state index contributed by atoms with van der Waals surface area (Å²) >= 11 is 0. The van der Waals surface area contributed by atoms with Gasteiger partial charge in [-0.05, 0) is 49.7 Å². The third-order valence-electron chi connectivity index (χ3n) is 4.85. The van der Waals surface area contributed by atoms with Crippen molar-refractivity contribution in [3.63, 3.8) is 0 Å². The lowest BCUT2D eigenvalue weighted by molar-refractivity contribution is -0.121. The van der Waals surface area contributed by atoms with Gasteiger partial charge in [-0.1, -0.05) is 24.3 Å². The molecule has 2 amide bonds. The molecule has 2 N–H and O–H groups in total. The van der Waals surface area contributed by atoms with Crippen molar-refractivity contribution in [1.82, 2.24) is 4.90 Å². The van der Waals surface area contributed by atoms with E-state index in [2.05, 4.69) is 21.6 Å². The van der Waals surface area contributed by atoms with E-state index in [1.54, 1.807) is 24.3 Å². The van der Waals surface area contributed by atoms with Crippen molar-refractivity contribution in [3.05, 3.63) is 60.2 Å². The van der Waals surface area contributed by atoms with Crippen LogP contribution in [0.2, 0.25) is 0 Å². The van der Waals surface area contributed by atoms with E-state index in [1.807, 2.05) is 30.3 Å². The lowest BCUT2D eigenvalue weighted by Crippen LogP contribution is -2.41. The molecular weight excluding hydrogens is 352 g/mol. The molecule has 1 heterocycles. The van der Waals surface area contributed by atoms with Crippen LogP contribution in [0.1, 0.15) is 24.8 Å². The SMILES string of the molecule is N#Cc1cccc(NC(=O)CCN2CCCC(C(=O)Nc3ccccc3)C2)c1. The highest BCUT2D eigenvalue weighted by Gasteiger charge is 2.26. The normalized spacial score (nSPS) is 16.8. The largest absolute Gasteiger partial charge is 0.326 e.